The van der Waals surface area contributed by atoms with Crippen LogP contribution in [0.15, 0.2) is 158 Å². The van der Waals surface area contributed by atoms with Crippen LogP contribution in [0.3, 0.4) is 0 Å². The first-order valence-electron chi connectivity index (χ1n) is 20.9. The van der Waals surface area contributed by atoms with Crippen molar-refractivity contribution in [2.45, 2.75) is 49.5 Å². The summed E-state index contributed by atoms with van der Waals surface area (Å²) >= 11 is 0. The van der Waals surface area contributed by atoms with E-state index in [9.17, 15) is 0 Å². The first kappa shape index (κ1) is 36.2. The highest BCUT2D eigenvalue weighted by Crippen LogP contribution is 2.61. The molecule has 7 aromatic carbocycles. The van der Waals surface area contributed by atoms with Gasteiger partial charge in [-0.3, -0.25) is 0 Å². The Morgan fingerprint density at radius 3 is 1.73 bits per heavy atom. The molecular weight excluding hydrogens is 742 g/mol. The summed E-state index contributed by atoms with van der Waals surface area (Å²) < 4.78 is 28.5. The lowest BCUT2D eigenvalue weighted by Gasteiger charge is -2.39. The van der Waals surface area contributed by atoms with Gasteiger partial charge in [0.05, 0.1) is 7.11 Å². The Kier molecular flexibility index (Phi) is 8.69. The molecule has 0 amide bonds. The molecular formula is C54H42FN3O2. The van der Waals surface area contributed by atoms with E-state index in [0.29, 0.717) is 17.5 Å². The molecule has 3 aliphatic rings. The number of fused-ring (bicyclic) bond motifs is 10. The molecule has 8 aromatic rings. The van der Waals surface area contributed by atoms with E-state index in [0.717, 1.165) is 92.5 Å². The van der Waals surface area contributed by atoms with Crippen molar-refractivity contribution in [1.82, 2.24) is 15.0 Å². The minimum atomic E-state index is -0.994. The van der Waals surface area contributed by atoms with Gasteiger partial charge in [-0.25, -0.2) is 19.3 Å². The summed E-state index contributed by atoms with van der Waals surface area (Å²) in [6, 6.07) is 50.7. The summed E-state index contributed by atoms with van der Waals surface area (Å²) in [5, 5.41) is 2.17. The van der Waals surface area contributed by atoms with Gasteiger partial charge in [-0.15, -0.1) is 0 Å². The van der Waals surface area contributed by atoms with Gasteiger partial charge in [-0.2, -0.15) is 0 Å². The van der Waals surface area contributed by atoms with Crippen molar-refractivity contribution in [3.8, 4) is 56.8 Å². The van der Waals surface area contributed by atoms with Crippen LogP contribution in [0.1, 0.15) is 66.3 Å². The molecule has 5 nitrogen and oxygen atoms in total. The predicted molar refractivity (Wildman–Crippen MR) is 237 cm³/mol. The largest absolute Gasteiger partial charge is 0.497 e. The number of ether oxygens (including phenoxy) is 2. The number of aromatic nitrogens is 3. The fourth-order valence-corrected chi connectivity index (χ4v) is 10.1. The first-order chi connectivity index (χ1) is 29.5. The summed E-state index contributed by atoms with van der Waals surface area (Å²) in [5.41, 5.74) is 9.21. The Hall–Kier alpha value is -6.92. The van der Waals surface area contributed by atoms with Crippen LogP contribution in [0.5, 0.6) is 11.5 Å². The van der Waals surface area contributed by atoms with Crippen LogP contribution < -0.4 is 9.47 Å². The van der Waals surface area contributed by atoms with Gasteiger partial charge < -0.3 is 9.47 Å². The van der Waals surface area contributed by atoms with Gasteiger partial charge in [0.15, 0.2) is 23.1 Å². The van der Waals surface area contributed by atoms with Crippen molar-refractivity contribution in [2.24, 2.45) is 0 Å². The van der Waals surface area contributed by atoms with Crippen molar-refractivity contribution >= 4 is 16.8 Å². The van der Waals surface area contributed by atoms with E-state index in [4.69, 9.17) is 24.4 Å². The van der Waals surface area contributed by atoms with E-state index >= 15 is 4.39 Å². The van der Waals surface area contributed by atoms with E-state index in [2.05, 4.69) is 72.8 Å². The average Bonchev–Trinajstić information content (AvgIpc) is 3.41. The highest BCUT2D eigenvalue weighted by atomic mass is 19.1. The monoisotopic (exact) mass is 783 g/mol. The number of benzene rings is 7. The predicted octanol–water partition coefficient (Wildman–Crippen LogP) is 13.1. The summed E-state index contributed by atoms with van der Waals surface area (Å²) in [6.07, 6.45) is 11.1. The quantitative estimate of drug-likeness (QED) is 0.168. The molecule has 1 saturated carbocycles. The molecule has 60 heavy (non-hydrogen) atoms. The van der Waals surface area contributed by atoms with Crippen LogP contribution in [0, 0.1) is 5.82 Å². The molecule has 1 aromatic heterocycles. The number of rotatable bonds is 6. The van der Waals surface area contributed by atoms with Crippen molar-refractivity contribution in [2.75, 3.05) is 7.11 Å². The lowest BCUT2D eigenvalue weighted by molar-refractivity contribution is 0.163. The molecule has 1 unspecified atom stereocenters. The van der Waals surface area contributed by atoms with Crippen molar-refractivity contribution < 1.29 is 13.9 Å². The van der Waals surface area contributed by atoms with Crippen molar-refractivity contribution in [3.05, 3.63) is 191 Å². The van der Waals surface area contributed by atoms with E-state index in [1.54, 1.807) is 13.2 Å². The molecule has 1 atom stereocenters. The van der Waals surface area contributed by atoms with Crippen LogP contribution in [0.2, 0.25) is 0 Å². The van der Waals surface area contributed by atoms with E-state index in [1.165, 1.54) is 24.0 Å². The van der Waals surface area contributed by atoms with Crippen LogP contribution in [-0.4, -0.2) is 22.1 Å². The van der Waals surface area contributed by atoms with E-state index in [-0.39, 0.29) is 11.2 Å². The third-order valence-corrected chi connectivity index (χ3v) is 12.9. The topological polar surface area (TPSA) is 57.1 Å². The third kappa shape index (κ3) is 5.76. The lowest BCUT2D eigenvalue weighted by Crippen LogP contribution is -2.35. The molecule has 2 aliphatic carbocycles. The third-order valence-electron chi connectivity index (χ3n) is 12.9. The zero-order valence-corrected chi connectivity index (χ0v) is 33.4. The summed E-state index contributed by atoms with van der Waals surface area (Å²) in [6.45, 7) is 0. The first-order valence-corrected chi connectivity index (χ1v) is 20.9. The van der Waals surface area contributed by atoms with Crippen LogP contribution in [0.4, 0.5) is 4.39 Å². The average molecular weight is 784 g/mol. The highest BCUT2D eigenvalue weighted by molar-refractivity contribution is 6.08. The zero-order chi connectivity index (χ0) is 40.3. The number of methoxy groups -OCH3 is 1. The second-order valence-electron chi connectivity index (χ2n) is 16.2. The fraction of sp³-hybridized carbons (Fsp3) is 0.167. The normalized spacial score (nSPS) is 17.4. The minimum Gasteiger partial charge on any atom is -0.497 e. The van der Waals surface area contributed by atoms with Crippen molar-refractivity contribution in [1.29, 1.82) is 0 Å². The minimum absolute atomic E-state index is 0.179. The summed E-state index contributed by atoms with van der Waals surface area (Å²) in [5.74, 6) is 3.26. The molecule has 1 aliphatic heterocycles. The summed E-state index contributed by atoms with van der Waals surface area (Å²) in [4.78, 5) is 14.9. The Morgan fingerprint density at radius 1 is 0.583 bits per heavy atom. The van der Waals surface area contributed by atoms with Gasteiger partial charge in [-0.1, -0.05) is 159 Å². The second-order valence-corrected chi connectivity index (χ2v) is 16.2. The Bertz CT molecular complexity index is 2880. The molecule has 1 fully saturated rings. The SMILES string of the molecule is COc1ccc(C2(c3ccc(-c4nc(-c5ccccc5)nc(-c5ccccc5)n4)cc3)C=Cc3c4c(c5ccccc5c3O2)-c2ccc(F)cc2C42CCCCCC2)cc1. The standard InChI is InChI=1S/C54H42FN3O2/c1-59-41-27-24-39(25-28-41)54(38-22-20-37(21-23-38)52-57-50(35-14-6-4-7-15-35)56-51(58-52)36-16-8-5-9-17-36)33-30-45-48-47(42-18-10-11-19-43(42)49(45)60-54)44-29-26-40(55)34-46(44)53(48)31-12-2-3-13-32-53/h4-11,14-30,33-34H,2-3,12-13,31-32H2,1H3. The molecule has 11 rings (SSSR count). The van der Waals surface area contributed by atoms with Crippen LogP contribution in [0.25, 0.3) is 62.1 Å². The van der Waals surface area contributed by atoms with Gasteiger partial charge in [0.25, 0.3) is 0 Å². The maximum absolute atomic E-state index is 15.3. The molecule has 0 bridgehead atoms. The van der Waals surface area contributed by atoms with E-state index < -0.39 is 5.60 Å². The van der Waals surface area contributed by atoms with E-state index in [1.807, 2.05) is 84.9 Å². The maximum atomic E-state index is 15.3. The second kappa shape index (κ2) is 14.4. The Morgan fingerprint density at radius 2 is 1.13 bits per heavy atom. The van der Waals surface area contributed by atoms with Crippen LogP contribution >= 0.6 is 0 Å². The molecule has 2 heterocycles. The molecule has 0 saturated heterocycles. The maximum Gasteiger partial charge on any atom is 0.178 e. The fourth-order valence-electron chi connectivity index (χ4n) is 10.1. The molecule has 0 N–H and O–H groups in total. The Labute approximate surface area is 349 Å². The van der Waals surface area contributed by atoms with Gasteiger partial charge >= 0.3 is 0 Å². The van der Waals surface area contributed by atoms with Crippen LogP contribution in [-0.2, 0) is 11.0 Å². The van der Waals surface area contributed by atoms with Crippen molar-refractivity contribution in [3.63, 3.8) is 0 Å². The smallest absolute Gasteiger partial charge is 0.178 e. The Balaban J connectivity index is 1.09. The van der Waals surface area contributed by atoms with Gasteiger partial charge in [0.1, 0.15) is 17.3 Å². The van der Waals surface area contributed by atoms with Gasteiger partial charge in [-0.05, 0) is 70.8 Å². The van der Waals surface area contributed by atoms with Gasteiger partial charge in [0.2, 0.25) is 0 Å². The number of hydrogen-bond acceptors (Lipinski definition) is 5. The number of hydrogen-bond donors (Lipinski definition) is 0. The zero-order valence-electron chi connectivity index (χ0n) is 33.4. The number of halogens is 1. The lowest BCUT2D eigenvalue weighted by atomic mass is 9.70. The molecule has 292 valence electrons. The molecule has 0 radical (unpaired) electrons. The summed E-state index contributed by atoms with van der Waals surface area (Å²) in [7, 11) is 1.68. The molecule has 1 spiro atoms. The van der Waals surface area contributed by atoms with Gasteiger partial charge in [0, 0.05) is 44.2 Å². The molecule has 6 heteroatoms. The number of nitrogens with zero attached hydrogens (tertiary/aromatic N) is 3. The highest BCUT2D eigenvalue weighted by Gasteiger charge is 2.48.